The SMILES string of the molecule is CCC(C)(C)n1nnnc1[C@@H](c1cc2cc3c(cc2[nH]c1=O)OCO3)N1CCN(c2ccc([N+](=O)[O-])cc2)CC1. The third kappa shape index (κ3) is 4.51. The number of ether oxygens (including phenoxy) is 2. The number of nitrogens with one attached hydrogen (secondary N) is 1. The molecule has 0 unspecified atom stereocenters. The first-order chi connectivity index (χ1) is 19.2. The number of tetrazole rings is 1. The van der Waals surface area contributed by atoms with Crippen LogP contribution < -0.4 is 19.9 Å². The van der Waals surface area contributed by atoms with E-state index in [-0.39, 0.29) is 23.6 Å². The molecule has 1 saturated heterocycles. The molecule has 2 aliphatic rings. The van der Waals surface area contributed by atoms with E-state index in [1.807, 2.05) is 16.8 Å². The van der Waals surface area contributed by atoms with Crippen molar-refractivity contribution in [3.63, 3.8) is 0 Å². The third-order valence-electron chi connectivity index (χ3n) is 7.94. The van der Waals surface area contributed by atoms with Crippen LogP contribution in [-0.4, -0.2) is 68.0 Å². The van der Waals surface area contributed by atoms with E-state index >= 15 is 0 Å². The van der Waals surface area contributed by atoms with Crippen molar-refractivity contribution in [1.82, 2.24) is 30.1 Å². The smallest absolute Gasteiger partial charge is 0.269 e. The lowest BCUT2D eigenvalue weighted by atomic mass is 9.98. The van der Waals surface area contributed by atoms with Crippen molar-refractivity contribution in [1.29, 1.82) is 0 Å². The molecule has 6 rings (SSSR count). The van der Waals surface area contributed by atoms with Crippen LogP contribution in [0.4, 0.5) is 11.4 Å². The number of nitro groups is 1. The van der Waals surface area contributed by atoms with Crippen LogP contribution in [0.1, 0.15) is 44.6 Å². The van der Waals surface area contributed by atoms with Gasteiger partial charge in [0.05, 0.1) is 16.0 Å². The lowest BCUT2D eigenvalue weighted by Gasteiger charge is -2.40. The quantitative estimate of drug-likeness (QED) is 0.271. The Kier molecular flexibility index (Phi) is 6.37. The summed E-state index contributed by atoms with van der Waals surface area (Å²) in [6.07, 6.45) is 0.795. The predicted molar refractivity (Wildman–Crippen MR) is 147 cm³/mol. The Hall–Kier alpha value is -4.52. The standard InChI is InChI=1S/C27H30N8O5/c1-4-27(2,3)34-25(29-30-31-34)24(20-13-17-14-22-23(40-16-39-22)15-21(17)28-26(20)36)33-11-9-32(10-12-33)18-5-7-19(8-6-18)35(37)38/h5-8,13-15,24H,4,9-12,16H2,1-3H3,(H,28,36)/t24-/m1/s1. The second-order valence-electron chi connectivity index (χ2n) is 10.7. The van der Waals surface area contributed by atoms with Gasteiger partial charge < -0.3 is 19.4 Å². The van der Waals surface area contributed by atoms with E-state index in [0.29, 0.717) is 54.6 Å². The highest BCUT2D eigenvalue weighted by atomic mass is 16.7. The maximum Gasteiger partial charge on any atom is 0.269 e. The zero-order valence-electron chi connectivity index (χ0n) is 22.5. The number of piperazine rings is 1. The highest BCUT2D eigenvalue weighted by Crippen LogP contribution is 2.37. The molecule has 13 heteroatoms. The van der Waals surface area contributed by atoms with Gasteiger partial charge in [0.1, 0.15) is 6.04 Å². The Morgan fingerprint density at radius 3 is 2.45 bits per heavy atom. The number of anilines is 1. The zero-order valence-corrected chi connectivity index (χ0v) is 22.5. The molecule has 4 heterocycles. The fraction of sp³-hybridized carbons (Fsp3) is 0.407. The Morgan fingerprint density at radius 1 is 1.07 bits per heavy atom. The molecule has 4 aromatic rings. The van der Waals surface area contributed by atoms with Crippen LogP contribution in [0, 0.1) is 10.1 Å². The summed E-state index contributed by atoms with van der Waals surface area (Å²) >= 11 is 0. The van der Waals surface area contributed by atoms with Gasteiger partial charge in [0.15, 0.2) is 17.3 Å². The Morgan fingerprint density at radius 2 is 1.77 bits per heavy atom. The first-order valence-electron chi connectivity index (χ1n) is 13.2. The molecule has 2 aromatic heterocycles. The first kappa shape index (κ1) is 25.7. The Bertz CT molecular complexity index is 1620. The van der Waals surface area contributed by atoms with Crippen molar-refractivity contribution in [2.24, 2.45) is 0 Å². The monoisotopic (exact) mass is 546 g/mol. The molecule has 13 nitrogen and oxygen atoms in total. The van der Waals surface area contributed by atoms with Crippen LogP contribution >= 0.6 is 0 Å². The lowest BCUT2D eigenvalue weighted by Crippen LogP contribution is -2.49. The predicted octanol–water partition coefficient (Wildman–Crippen LogP) is 3.21. The van der Waals surface area contributed by atoms with Crippen LogP contribution in [0.25, 0.3) is 10.9 Å². The summed E-state index contributed by atoms with van der Waals surface area (Å²) in [7, 11) is 0. The molecule has 0 radical (unpaired) electrons. The molecule has 40 heavy (non-hydrogen) atoms. The van der Waals surface area contributed by atoms with Gasteiger partial charge in [0.2, 0.25) is 6.79 Å². The zero-order chi connectivity index (χ0) is 28.0. The molecular weight excluding hydrogens is 516 g/mol. The summed E-state index contributed by atoms with van der Waals surface area (Å²) in [5.74, 6) is 1.83. The van der Waals surface area contributed by atoms with Gasteiger partial charge in [-0.3, -0.25) is 19.8 Å². The largest absolute Gasteiger partial charge is 0.454 e. The number of aromatic nitrogens is 5. The first-order valence-corrected chi connectivity index (χ1v) is 13.2. The molecule has 2 aromatic carbocycles. The van der Waals surface area contributed by atoms with Gasteiger partial charge in [0.25, 0.3) is 11.2 Å². The number of benzene rings is 2. The van der Waals surface area contributed by atoms with E-state index in [2.05, 4.69) is 51.1 Å². The number of H-pyrrole nitrogens is 1. The highest BCUT2D eigenvalue weighted by Gasteiger charge is 2.36. The fourth-order valence-electron chi connectivity index (χ4n) is 5.28. The molecule has 0 aliphatic carbocycles. The number of nitro benzene ring substituents is 1. The molecule has 2 aliphatic heterocycles. The van der Waals surface area contributed by atoms with Gasteiger partial charge in [-0.2, -0.15) is 0 Å². The number of nitrogens with zero attached hydrogens (tertiary/aromatic N) is 7. The second kappa shape index (κ2) is 9.90. The normalized spacial score (nSPS) is 16.4. The Balaban J connectivity index is 1.38. The number of pyridine rings is 1. The molecule has 0 saturated carbocycles. The van der Waals surface area contributed by atoms with E-state index in [1.54, 1.807) is 18.2 Å². The van der Waals surface area contributed by atoms with Crippen LogP contribution in [0.2, 0.25) is 0 Å². The van der Waals surface area contributed by atoms with Crippen molar-refractivity contribution in [2.75, 3.05) is 37.9 Å². The minimum Gasteiger partial charge on any atom is -0.454 e. The number of fused-ring (bicyclic) bond motifs is 2. The highest BCUT2D eigenvalue weighted by molar-refractivity contribution is 5.83. The molecule has 1 atom stereocenters. The Labute approximate surface area is 229 Å². The van der Waals surface area contributed by atoms with Gasteiger partial charge in [-0.05, 0) is 55.0 Å². The molecule has 1 fully saturated rings. The van der Waals surface area contributed by atoms with Crippen LogP contribution in [0.5, 0.6) is 11.5 Å². The maximum atomic E-state index is 13.6. The summed E-state index contributed by atoms with van der Waals surface area (Å²) in [5, 5.41) is 24.7. The van der Waals surface area contributed by atoms with E-state index in [4.69, 9.17) is 9.47 Å². The van der Waals surface area contributed by atoms with Crippen molar-refractivity contribution in [2.45, 2.75) is 38.8 Å². The van der Waals surface area contributed by atoms with E-state index in [1.165, 1.54) is 12.1 Å². The lowest BCUT2D eigenvalue weighted by molar-refractivity contribution is -0.384. The minimum absolute atomic E-state index is 0.0611. The second-order valence-corrected chi connectivity index (χ2v) is 10.7. The summed E-state index contributed by atoms with van der Waals surface area (Å²) in [6, 6.07) is 11.6. The molecule has 0 bridgehead atoms. The van der Waals surface area contributed by atoms with Crippen molar-refractivity contribution in [3.05, 3.63) is 74.3 Å². The number of hydrogen-bond donors (Lipinski definition) is 1. The summed E-state index contributed by atoms with van der Waals surface area (Å²) in [5.41, 5.74) is 1.58. The molecule has 0 spiro atoms. The van der Waals surface area contributed by atoms with E-state index in [9.17, 15) is 14.9 Å². The number of non-ortho nitro benzene ring substituents is 1. The van der Waals surface area contributed by atoms with Gasteiger partial charge in [-0.1, -0.05) is 6.92 Å². The van der Waals surface area contributed by atoms with E-state index < -0.39 is 11.0 Å². The van der Waals surface area contributed by atoms with Crippen molar-refractivity contribution < 1.29 is 14.4 Å². The average Bonchev–Trinajstić information content (AvgIpc) is 3.63. The van der Waals surface area contributed by atoms with Gasteiger partial charge in [0, 0.05) is 61.0 Å². The van der Waals surface area contributed by atoms with Crippen molar-refractivity contribution >= 4 is 22.3 Å². The number of hydrogen-bond acceptors (Lipinski definition) is 10. The maximum absolute atomic E-state index is 13.6. The summed E-state index contributed by atoms with van der Waals surface area (Å²) in [6.45, 7) is 8.94. The van der Waals surface area contributed by atoms with Gasteiger partial charge in [-0.25, -0.2) is 4.68 Å². The molecular formula is C27H30N8O5. The van der Waals surface area contributed by atoms with Crippen LogP contribution in [0.3, 0.4) is 0 Å². The van der Waals surface area contributed by atoms with Crippen LogP contribution in [0.15, 0.2) is 47.3 Å². The number of rotatable bonds is 7. The molecule has 1 N–H and O–H groups in total. The fourth-order valence-corrected chi connectivity index (χ4v) is 5.28. The average molecular weight is 547 g/mol. The van der Waals surface area contributed by atoms with Gasteiger partial charge >= 0.3 is 0 Å². The molecule has 0 amide bonds. The number of aromatic amines is 1. The van der Waals surface area contributed by atoms with Crippen molar-refractivity contribution in [3.8, 4) is 11.5 Å². The molecule has 208 valence electrons. The topological polar surface area (TPSA) is 145 Å². The summed E-state index contributed by atoms with van der Waals surface area (Å²) in [4.78, 5) is 31.7. The van der Waals surface area contributed by atoms with Gasteiger partial charge in [-0.15, -0.1) is 5.10 Å². The summed E-state index contributed by atoms with van der Waals surface area (Å²) < 4.78 is 12.9. The third-order valence-corrected chi connectivity index (χ3v) is 7.94. The minimum atomic E-state index is -0.501. The van der Waals surface area contributed by atoms with Crippen LogP contribution in [-0.2, 0) is 5.54 Å². The van der Waals surface area contributed by atoms with E-state index in [0.717, 1.165) is 17.5 Å².